The van der Waals surface area contributed by atoms with E-state index in [0.717, 1.165) is 43.2 Å². The van der Waals surface area contributed by atoms with Crippen molar-refractivity contribution in [2.75, 3.05) is 41.5 Å². The number of benzene rings is 2. The van der Waals surface area contributed by atoms with Gasteiger partial charge in [-0.15, -0.1) is 0 Å². The maximum absolute atomic E-state index is 6.09. The van der Waals surface area contributed by atoms with Crippen molar-refractivity contribution in [2.45, 2.75) is 25.5 Å². The summed E-state index contributed by atoms with van der Waals surface area (Å²) in [5.74, 6) is 3.68. The minimum Gasteiger partial charge on any atom is -0.493 e. The maximum Gasteiger partial charge on any atom is 0.203 e. The van der Waals surface area contributed by atoms with Crippen LogP contribution in [0.15, 0.2) is 47.5 Å². The summed E-state index contributed by atoms with van der Waals surface area (Å²) < 4.78 is 22.4. The van der Waals surface area contributed by atoms with Gasteiger partial charge in [-0.05, 0) is 29.8 Å². The summed E-state index contributed by atoms with van der Waals surface area (Å²) in [5.41, 5.74) is 1.02. The minimum absolute atomic E-state index is 0.233. The lowest BCUT2D eigenvalue weighted by Gasteiger charge is -2.34. The van der Waals surface area contributed by atoms with Crippen LogP contribution in [0.25, 0.3) is 0 Å². The molecule has 0 unspecified atom stereocenters. The highest BCUT2D eigenvalue weighted by molar-refractivity contribution is 5.80. The molecule has 2 aromatic carbocycles. The van der Waals surface area contributed by atoms with Crippen molar-refractivity contribution in [3.05, 3.63) is 48.0 Å². The lowest BCUT2D eigenvalue weighted by atomic mass is 10.1. The molecular weight excluding hydrogens is 382 g/mol. The standard InChI is InChI=1S/C23H31N3O4/c1-24-23(25-16-17-14-20(27-2)22(29-4)21(15-17)28-3)26-12-10-19(11-13-26)30-18-8-6-5-7-9-18/h5-9,14-15,19H,10-13,16H2,1-4H3,(H,24,25). The quantitative estimate of drug-likeness (QED) is 0.555. The topological polar surface area (TPSA) is 64.6 Å². The second-order valence-electron chi connectivity index (χ2n) is 7.05. The molecule has 162 valence electrons. The van der Waals surface area contributed by atoms with Gasteiger partial charge in [-0.2, -0.15) is 0 Å². The number of hydrogen-bond acceptors (Lipinski definition) is 5. The van der Waals surface area contributed by atoms with E-state index in [1.165, 1.54) is 0 Å². The Kier molecular flexibility index (Phi) is 7.65. The fourth-order valence-electron chi connectivity index (χ4n) is 3.63. The Morgan fingerprint density at radius 2 is 1.63 bits per heavy atom. The SMILES string of the molecule is CN=C(NCc1cc(OC)c(OC)c(OC)c1)N1CCC(Oc2ccccc2)CC1. The first kappa shape index (κ1) is 21.6. The number of likely N-dealkylation sites (tertiary alicyclic amines) is 1. The Morgan fingerprint density at radius 1 is 1.00 bits per heavy atom. The summed E-state index contributed by atoms with van der Waals surface area (Å²) >= 11 is 0. The summed E-state index contributed by atoms with van der Waals surface area (Å²) in [7, 11) is 6.65. The third kappa shape index (κ3) is 5.28. The molecule has 7 heteroatoms. The van der Waals surface area contributed by atoms with Crippen LogP contribution >= 0.6 is 0 Å². The van der Waals surface area contributed by atoms with Gasteiger partial charge in [0.2, 0.25) is 5.75 Å². The third-order valence-corrected chi connectivity index (χ3v) is 5.17. The van der Waals surface area contributed by atoms with E-state index in [1.807, 2.05) is 49.5 Å². The molecule has 0 spiro atoms. The Morgan fingerprint density at radius 3 is 2.17 bits per heavy atom. The molecule has 0 radical (unpaired) electrons. The summed E-state index contributed by atoms with van der Waals surface area (Å²) in [6.45, 7) is 2.39. The molecule has 3 rings (SSSR count). The zero-order valence-corrected chi connectivity index (χ0v) is 18.2. The molecule has 0 amide bonds. The molecule has 1 aliphatic heterocycles. The van der Waals surface area contributed by atoms with E-state index in [0.29, 0.717) is 23.8 Å². The van der Waals surface area contributed by atoms with E-state index >= 15 is 0 Å². The number of methoxy groups -OCH3 is 3. The van der Waals surface area contributed by atoms with Crippen LogP contribution < -0.4 is 24.3 Å². The number of rotatable bonds is 7. The first-order valence-electron chi connectivity index (χ1n) is 10.1. The molecule has 0 atom stereocenters. The molecule has 7 nitrogen and oxygen atoms in total. The number of hydrogen-bond donors (Lipinski definition) is 1. The summed E-state index contributed by atoms with van der Waals surface area (Å²) in [6, 6.07) is 13.9. The zero-order valence-electron chi connectivity index (χ0n) is 18.2. The highest BCUT2D eigenvalue weighted by Crippen LogP contribution is 2.38. The number of nitrogens with zero attached hydrogens (tertiary/aromatic N) is 2. The molecule has 0 saturated carbocycles. The van der Waals surface area contributed by atoms with Gasteiger partial charge in [-0.25, -0.2) is 0 Å². The van der Waals surface area contributed by atoms with Crippen LogP contribution in [0, 0.1) is 0 Å². The fourth-order valence-corrected chi connectivity index (χ4v) is 3.63. The van der Waals surface area contributed by atoms with E-state index in [-0.39, 0.29) is 6.10 Å². The van der Waals surface area contributed by atoms with Crippen LogP contribution in [0.2, 0.25) is 0 Å². The zero-order chi connectivity index (χ0) is 21.3. The summed E-state index contributed by atoms with van der Waals surface area (Å²) in [6.07, 6.45) is 2.15. The van der Waals surface area contributed by atoms with Crippen molar-refractivity contribution < 1.29 is 18.9 Å². The summed E-state index contributed by atoms with van der Waals surface area (Å²) in [5, 5.41) is 3.44. The molecule has 1 fully saturated rings. The van der Waals surface area contributed by atoms with Gasteiger partial charge in [0.15, 0.2) is 17.5 Å². The monoisotopic (exact) mass is 413 g/mol. The Labute approximate surface area is 178 Å². The molecule has 30 heavy (non-hydrogen) atoms. The van der Waals surface area contributed by atoms with Crippen molar-refractivity contribution in [3.8, 4) is 23.0 Å². The lowest BCUT2D eigenvalue weighted by Crippen LogP contribution is -2.47. The van der Waals surface area contributed by atoms with Gasteiger partial charge in [0.1, 0.15) is 11.9 Å². The van der Waals surface area contributed by atoms with E-state index in [9.17, 15) is 0 Å². The number of para-hydroxylation sites is 1. The normalized spacial score (nSPS) is 14.9. The smallest absolute Gasteiger partial charge is 0.203 e. The second-order valence-corrected chi connectivity index (χ2v) is 7.05. The first-order valence-corrected chi connectivity index (χ1v) is 10.1. The highest BCUT2D eigenvalue weighted by atomic mass is 16.5. The largest absolute Gasteiger partial charge is 0.493 e. The van der Waals surface area contributed by atoms with Gasteiger partial charge >= 0.3 is 0 Å². The molecule has 0 aromatic heterocycles. The van der Waals surface area contributed by atoms with Crippen LogP contribution in [-0.4, -0.2) is 58.4 Å². The van der Waals surface area contributed by atoms with Crippen molar-refractivity contribution >= 4 is 5.96 Å². The van der Waals surface area contributed by atoms with Crippen molar-refractivity contribution in [2.24, 2.45) is 4.99 Å². The Hall–Kier alpha value is -3.09. The number of guanidine groups is 1. The molecule has 2 aromatic rings. The molecule has 1 saturated heterocycles. The fraction of sp³-hybridized carbons (Fsp3) is 0.435. The van der Waals surface area contributed by atoms with Crippen molar-refractivity contribution in [1.29, 1.82) is 0 Å². The first-order chi connectivity index (χ1) is 14.7. The average molecular weight is 414 g/mol. The average Bonchev–Trinajstić information content (AvgIpc) is 2.80. The van der Waals surface area contributed by atoms with E-state index in [2.05, 4.69) is 15.2 Å². The molecule has 1 N–H and O–H groups in total. The van der Waals surface area contributed by atoms with Crippen LogP contribution in [-0.2, 0) is 6.54 Å². The number of piperidine rings is 1. The highest BCUT2D eigenvalue weighted by Gasteiger charge is 2.23. The molecular formula is C23H31N3O4. The summed E-state index contributed by atoms with van der Waals surface area (Å²) in [4.78, 5) is 6.72. The Bertz CT molecular complexity index is 809. The van der Waals surface area contributed by atoms with E-state index in [1.54, 1.807) is 21.3 Å². The third-order valence-electron chi connectivity index (χ3n) is 5.17. The molecule has 1 aliphatic rings. The van der Waals surface area contributed by atoms with Crippen LogP contribution in [0.1, 0.15) is 18.4 Å². The predicted molar refractivity (Wildman–Crippen MR) is 118 cm³/mol. The molecule has 0 aliphatic carbocycles. The Balaban J connectivity index is 1.57. The predicted octanol–water partition coefficient (Wildman–Crippen LogP) is 3.33. The van der Waals surface area contributed by atoms with Crippen molar-refractivity contribution in [1.82, 2.24) is 10.2 Å². The van der Waals surface area contributed by atoms with E-state index < -0.39 is 0 Å². The number of aliphatic imine (C=N–C) groups is 1. The maximum atomic E-state index is 6.09. The van der Waals surface area contributed by atoms with Gasteiger partial charge in [0.25, 0.3) is 0 Å². The molecule has 1 heterocycles. The van der Waals surface area contributed by atoms with Crippen LogP contribution in [0.3, 0.4) is 0 Å². The van der Waals surface area contributed by atoms with Gasteiger partial charge in [-0.3, -0.25) is 4.99 Å². The number of ether oxygens (including phenoxy) is 4. The second kappa shape index (κ2) is 10.6. The lowest BCUT2D eigenvalue weighted by molar-refractivity contribution is 0.129. The van der Waals surface area contributed by atoms with Gasteiger partial charge in [0.05, 0.1) is 21.3 Å². The van der Waals surface area contributed by atoms with E-state index in [4.69, 9.17) is 18.9 Å². The van der Waals surface area contributed by atoms with Gasteiger partial charge in [-0.1, -0.05) is 18.2 Å². The molecule has 0 bridgehead atoms. The number of nitrogens with one attached hydrogen (secondary N) is 1. The van der Waals surface area contributed by atoms with Crippen molar-refractivity contribution in [3.63, 3.8) is 0 Å². The van der Waals surface area contributed by atoms with Gasteiger partial charge in [0, 0.05) is 39.5 Å². The van der Waals surface area contributed by atoms with Gasteiger partial charge < -0.3 is 29.2 Å². The minimum atomic E-state index is 0.233. The van der Waals surface area contributed by atoms with Crippen LogP contribution in [0.4, 0.5) is 0 Å². The van der Waals surface area contributed by atoms with Crippen LogP contribution in [0.5, 0.6) is 23.0 Å².